The molecule has 0 heterocycles. The third-order valence-electron chi connectivity index (χ3n) is 6.81. The molecule has 4 fully saturated rings. The molecule has 0 spiro atoms. The lowest BCUT2D eigenvalue weighted by molar-refractivity contribution is -0.144. The van der Waals surface area contributed by atoms with Gasteiger partial charge in [0.25, 0.3) is 0 Å². The van der Waals surface area contributed by atoms with Gasteiger partial charge in [-0.05, 0) is 76.1 Å². The second-order valence-corrected chi connectivity index (χ2v) is 10.3. The number of carbonyl (C=O) groups is 1. The van der Waals surface area contributed by atoms with E-state index in [1.165, 1.54) is 6.42 Å². The Morgan fingerprint density at radius 2 is 1.88 bits per heavy atom. The molecule has 3 atom stereocenters. The highest BCUT2D eigenvalue weighted by Gasteiger charge is 2.60. The molecule has 5 heteroatoms. The Morgan fingerprint density at radius 1 is 1.23 bits per heavy atom. The minimum atomic E-state index is -0.247. The summed E-state index contributed by atoms with van der Waals surface area (Å²) in [6.45, 7) is 0.571. The maximum atomic E-state index is 13.3. The largest absolute Gasteiger partial charge is 0.354 e. The summed E-state index contributed by atoms with van der Waals surface area (Å²) >= 11 is 13.3. The number of nitrogens with one attached hydrogen (secondary N) is 1. The lowest BCUT2D eigenvalue weighted by Crippen LogP contribution is -2.58. The quantitative estimate of drug-likeness (QED) is 0.737. The monoisotopic (exact) mass is 394 g/mol. The van der Waals surface area contributed by atoms with E-state index in [1.807, 2.05) is 38.4 Å². The summed E-state index contributed by atoms with van der Waals surface area (Å²) in [5, 5.41) is 4.01. The normalized spacial score (nSPS) is 36.3. The molecule has 142 valence electrons. The second-order valence-electron chi connectivity index (χ2n) is 9.10. The summed E-state index contributed by atoms with van der Waals surface area (Å²) in [5.74, 6) is 1.47. The van der Waals surface area contributed by atoms with Crippen molar-refractivity contribution in [2.24, 2.45) is 17.3 Å². The van der Waals surface area contributed by atoms with Gasteiger partial charge in [-0.15, -0.1) is 11.6 Å². The SMILES string of the molecule is CN(C)[C@H](CNC(=O)C12C[C@H]3C[C@@H](CC(Cl)(C3)C1)C2)c1ccccc1Cl. The summed E-state index contributed by atoms with van der Waals surface area (Å²) in [4.78, 5) is 15.2. The van der Waals surface area contributed by atoms with E-state index in [1.54, 1.807) is 0 Å². The molecule has 1 aromatic carbocycles. The topological polar surface area (TPSA) is 32.3 Å². The summed E-state index contributed by atoms with van der Waals surface area (Å²) in [7, 11) is 4.05. The van der Waals surface area contributed by atoms with Gasteiger partial charge >= 0.3 is 0 Å². The van der Waals surface area contributed by atoms with Crippen LogP contribution in [-0.2, 0) is 4.79 Å². The van der Waals surface area contributed by atoms with Crippen LogP contribution in [0.15, 0.2) is 24.3 Å². The van der Waals surface area contributed by atoms with E-state index < -0.39 is 0 Å². The molecular weight excluding hydrogens is 367 g/mol. The Bertz CT molecular complexity index is 691. The van der Waals surface area contributed by atoms with Crippen LogP contribution in [0.3, 0.4) is 0 Å². The number of likely N-dealkylation sites (N-methyl/N-ethyl adjacent to an activating group) is 1. The number of carbonyl (C=O) groups excluding carboxylic acids is 1. The molecule has 0 unspecified atom stereocenters. The summed E-state index contributed by atoms with van der Waals surface area (Å²) in [6, 6.07) is 7.94. The Balaban J connectivity index is 1.49. The lowest BCUT2D eigenvalue weighted by atomic mass is 9.49. The van der Waals surface area contributed by atoms with Crippen LogP contribution in [0, 0.1) is 17.3 Å². The van der Waals surface area contributed by atoms with Crippen LogP contribution < -0.4 is 5.32 Å². The van der Waals surface area contributed by atoms with Crippen LogP contribution in [0.5, 0.6) is 0 Å². The molecule has 0 saturated heterocycles. The van der Waals surface area contributed by atoms with E-state index in [4.69, 9.17) is 23.2 Å². The third-order valence-corrected chi connectivity index (χ3v) is 7.60. The molecular formula is C21H28Cl2N2O. The van der Waals surface area contributed by atoms with Crippen molar-refractivity contribution in [1.29, 1.82) is 0 Å². The number of benzene rings is 1. The number of rotatable bonds is 5. The third kappa shape index (κ3) is 3.27. The molecule has 5 rings (SSSR count). The van der Waals surface area contributed by atoms with E-state index in [0.29, 0.717) is 18.4 Å². The zero-order chi connectivity index (χ0) is 18.5. The number of amides is 1. The Morgan fingerprint density at radius 3 is 2.46 bits per heavy atom. The summed E-state index contributed by atoms with van der Waals surface area (Å²) < 4.78 is 0. The van der Waals surface area contributed by atoms with Crippen LogP contribution in [0.2, 0.25) is 5.02 Å². The Kier molecular flexibility index (Phi) is 4.78. The maximum Gasteiger partial charge on any atom is 0.226 e. The number of halogens is 2. The van der Waals surface area contributed by atoms with Gasteiger partial charge in [-0.1, -0.05) is 29.8 Å². The van der Waals surface area contributed by atoms with Gasteiger partial charge in [0.05, 0.1) is 11.5 Å². The van der Waals surface area contributed by atoms with Crippen molar-refractivity contribution >= 4 is 29.1 Å². The van der Waals surface area contributed by atoms with Crippen LogP contribution in [-0.4, -0.2) is 36.3 Å². The fourth-order valence-corrected chi connectivity index (χ4v) is 7.06. The van der Waals surface area contributed by atoms with E-state index in [9.17, 15) is 4.79 Å². The average molecular weight is 395 g/mol. The molecule has 26 heavy (non-hydrogen) atoms. The number of alkyl halides is 1. The standard InChI is InChI=1S/C21H28Cl2N2O/c1-25(2)18(16-5-3-4-6-17(16)22)12-24-19(26)20-8-14-7-15(9-20)11-21(23,10-14)13-20/h3-6,14-15,18H,7-13H2,1-2H3,(H,24,26)/t14-,15-,18-,20?,21?/m1/s1. The highest BCUT2D eigenvalue weighted by molar-refractivity contribution is 6.31. The summed E-state index contributed by atoms with van der Waals surface area (Å²) in [6.07, 6.45) is 6.34. The predicted octanol–water partition coefficient (Wildman–Crippen LogP) is 4.64. The first kappa shape index (κ1) is 18.6. The smallest absolute Gasteiger partial charge is 0.226 e. The Hall–Kier alpha value is -0.770. The van der Waals surface area contributed by atoms with Crippen molar-refractivity contribution < 1.29 is 4.79 Å². The van der Waals surface area contributed by atoms with Crippen molar-refractivity contribution in [3.05, 3.63) is 34.9 Å². The number of hydrogen-bond acceptors (Lipinski definition) is 2. The van der Waals surface area contributed by atoms with Gasteiger partial charge in [0.2, 0.25) is 5.91 Å². The molecule has 1 amide bonds. The first-order valence-corrected chi connectivity index (χ1v) is 10.4. The van der Waals surface area contributed by atoms with Gasteiger partial charge in [-0.2, -0.15) is 0 Å². The van der Waals surface area contributed by atoms with Gasteiger partial charge < -0.3 is 10.2 Å². The zero-order valence-electron chi connectivity index (χ0n) is 15.6. The van der Waals surface area contributed by atoms with Crippen LogP contribution >= 0.6 is 23.2 Å². The van der Waals surface area contributed by atoms with Crippen molar-refractivity contribution in [2.75, 3.05) is 20.6 Å². The first-order valence-electron chi connectivity index (χ1n) is 9.68. The van der Waals surface area contributed by atoms with Gasteiger partial charge in [0, 0.05) is 16.4 Å². The summed E-state index contributed by atoms with van der Waals surface area (Å²) in [5.41, 5.74) is 0.808. The van der Waals surface area contributed by atoms with E-state index in [-0.39, 0.29) is 22.2 Å². The molecule has 3 nitrogen and oxygen atoms in total. The minimum absolute atomic E-state index is 0.0616. The molecule has 4 bridgehead atoms. The van der Waals surface area contributed by atoms with Gasteiger partial charge in [-0.3, -0.25) is 4.79 Å². The first-order chi connectivity index (χ1) is 12.3. The maximum absolute atomic E-state index is 13.3. The molecule has 0 aliphatic heterocycles. The minimum Gasteiger partial charge on any atom is -0.354 e. The van der Waals surface area contributed by atoms with Gasteiger partial charge in [-0.25, -0.2) is 0 Å². The van der Waals surface area contributed by atoms with Crippen LogP contribution in [0.4, 0.5) is 0 Å². The highest BCUT2D eigenvalue weighted by Crippen LogP contribution is 2.63. The molecule has 0 aromatic heterocycles. The predicted molar refractivity (Wildman–Crippen MR) is 107 cm³/mol. The average Bonchev–Trinajstić information content (AvgIpc) is 2.53. The molecule has 1 N–H and O–H groups in total. The second kappa shape index (κ2) is 6.68. The van der Waals surface area contributed by atoms with Crippen LogP contribution in [0.25, 0.3) is 0 Å². The number of hydrogen-bond donors (Lipinski definition) is 1. The van der Waals surface area contributed by atoms with E-state index in [0.717, 1.165) is 42.7 Å². The molecule has 1 aromatic rings. The molecule has 4 aliphatic carbocycles. The zero-order valence-corrected chi connectivity index (χ0v) is 17.1. The van der Waals surface area contributed by atoms with E-state index >= 15 is 0 Å². The van der Waals surface area contributed by atoms with Crippen molar-refractivity contribution in [3.8, 4) is 0 Å². The van der Waals surface area contributed by atoms with Gasteiger partial charge in [0.1, 0.15) is 0 Å². The fraction of sp³-hybridized carbons (Fsp3) is 0.667. The highest BCUT2D eigenvalue weighted by atomic mass is 35.5. The molecule has 4 aliphatic rings. The Labute approximate surface area is 166 Å². The fourth-order valence-electron chi connectivity index (χ4n) is 6.11. The van der Waals surface area contributed by atoms with Crippen LogP contribution in [0.1, 0.15) is 50.1 Å². The van der Waals surface area contributed by atoms with Crippen molar-refractivity contribution in [1.82, 2.24) is 10.2 Å². The van der Waals surface area contributed by atoms with E-state index in [2.05, 4.69) is 10.2 Å². The molecule has 4 saturated carbocycles. The number of nitrogens with zero attached hydrogens (tertiary/aromatic N) is 1. The van der Waals surface area contributed by atoms with Gasteiger partial charge in [0.15, 0.2) is 0 Å². The van der Waals surface area contributed by atoms with Crippen molar-refractivity contribution in [2.45, 2.75) is 49.4 Å². The van der Waals surface area contributed by atoms with Crippen molar-refractivity contribution in [3.63, 3.8) is 0 Å². The lowest BCUT2D eigenvalue weighted by Gasteiger charge is -2.59. The molecule has 0 radical (unpaired) electrons.